The van der Waals surface area contributed by atoms with Crippen LogP contribution in [0.25, 0.3) is 0 Å². The highest BCUT2D eigenvalue weighted by Crippen LogP contribution is 2.43. The average Bonchev–Trinajstić information content (AvgIpc) is 2.40. The van der Waals surface area contributed by atoms with E-state index in [0.717, 1.165) is 35.4 Å². The first-order chi connectivity index (χ1) is 9.21. The smallest absolute Gasteiger partial charge is 0.121 e. The second kappa shape index (κ2) is 5.33. The normalized spacial score (nSPS) is 24.8. The van der Waals surface area contributed by atoms with Crippen molar-refractivity contribution in [3.8, 4) is 5.75 Å². The van der Waals surface area contributed by atoms with E-state index in [-0.39, 0.29) is 5.60 Å². The van der Waals surface area contributed by atoms with Crippen LogP contribution in [0.1, 0.15) is 32.1 Å². The minimum atomic E-state index is 0.182. The van der Waals surface area contributed by atoms with Crippen LogP contribution in [0, 0.1) is 0 Å². The van der Waals surface area contributed by atoms with Gasteiger partial charge in [0.15, 0.2) is 0 Å². The topological polar surface area (TPSA) is 30.5 Å². The Hall–Kier alpha value is -0.740. The zero-order chi connectivity index (χ0) is 13.3. The number of benzene rings is 1. The summed E-state index contributed by atoms with van der Waals surface area (Å²) in [5.41, 5.74) is 1.29. The molecule has 3 nitrogen and oxygen atoms in total. The third-order valence-electron chi connectivity index (χ3n) is 4.29. The number of hydrogen-bond donors (Lipinski definition) is 1. The Kier molecular flexibility index (Phi) is 3.72. The highest BCUT2D eigenvalue weighted by molar-refractivity contribution is 9.10. The van der Waals surface area contributed by atoms with Gasteiger partial charge in [0.1, 0.15) is 5.75 Å². The van der Waals surface area contributed by atoms with Crippen LogP contribution < -0.4 is 10.1 Å². The zero-order valence-corrected chi connectivity index (χ0v) is 12.8. The fraction of sp³-hybridized carbons (Fsp3) is 0.600. The van der Waals surface area contributed by atoms with E-state index in [4.69, 9.17) is 9.47 Å². The molecule has 1 spiro atoms. The van der Waals surface area contributed by atoms with Crippen molar-refractivity contribution in [3.63, 3.8) is 0 Å². The quantitative estimate of drug-likeness (QED) is 0.912. The summed E-state index contributed by atoms with van der Waals surface area (Å²) in [5, 5.41) is 3.64. The lowest BCUT2D eigenvalue weighted by molar-refractivity contribution is -0.130. The summed E-state index contributed by atoms with van der Waals surface area (Å²) in [5.74, 6) is 0.885. The fourth-order valence-electron chi connectivity index (χ4n) is 3.03. The third kappa shape index (κ3) is 2.75. The van der Waals surface area contributed by atoms with Gasteiger partial charge >= 0.3 is 0 Å². The molecule has 1 N–H and O–H groups in total. The summed E-state index contributed by atoms with van der Waals surface area (Å²) >= 11 is 3.60. The van der Waals surface area contributed by atoms with Crippen LogP contribution in [0.3, 0.4) is 0 Å². The van der Waals surface area contributed by atoms with Gasteiger partial charge in [-0.05, 0) is 60.2 Å². The fourth-order valence-corrected chi connectivity index (χ4v) is 3.39. The molecular formula is C15H20BrNO2. The molecular weight excluding hydrogens is 306 g/mol. The molecule has 1 aromatic rings. The summed E-state index contributed by atoms with van der Waals surface area (Å²) in [4.78, 5) is 0. The maximum absolute atomic E-state index is 5.97. The maximum Gasteiger partial charge on any atom is 0.121 e. The molecule has 0 aromatic heterocycles. The molecule has 2 fully saturated rings. The van der Waals surface area contributed by atoms with Crippen molar-refractivity contribution in [2.45, 2.75) is 43.7 Å². The van der Waals surface area contributed by atoms with Gasteiger partial charge in [0.2, 0.25) is 0 Å². The first-order valence-corrected chi connectivity index (χ1v) is 7.74. The van der Waals surface area contributed by atoms with Crippen molar-refractivity contribution in [2.24, 2.45) is 0 Å². The molecule has 4 heteroatoms. The molecule has 1 aliphatic carbocycles. The summed E-state index contributed by atoms with van der Waals surface area (Å²) in [7, 11) is 1.70. The largest absolute Gasteiger partial charge is 0.497 e. The molecule has 1 unspecified atom stereocenters. The predicted molar refractivity (Wildman–Crippen MR) is 79.9 cm³/mol. The van der Waals surface area contributed by atoms with Crippen molar-refractivity contribution in [2.75, 3.05) is 19.0 Å². The number of hydrogen-bond acceptors (Lipinski definition) is 3. The van der Waals surface area contributed by atoms with Gasteiger partial charge in [0, 0.05) is 23.2 Å². The lowest BCUT2D eigenvalue weighted by Crippen LogP contribution is -2.49. The Morgan fingerprint density at radius 1 is 1.42 bits per heavy atom. The van der Waals surface area contributed by atoms with Crippen LogP contribution in [-0.4, -0.2) is 25.4 Å². The van der Waals surface area contributed by atoms with Crippen molar-refractivity contribution in [1.82, 2.24) is 0 Å². The van der Waals surface area contributed by atoms with Gasteiger partial charge in [-0.3, -0.25) is 0 Å². The Bertz CT molecular complexity index is 459. The molecule has 2 aliphatic rings. The molecule has 0 amide bonds. The monoisotopic (exact) mass is 325 g/mol. The van der Waals surface area contributed by atoms with Crippen molar-refractivity contribution in [3.05, 3.63) is 22.7 Å². The van der Waals surface area contributed by atoms with E-state index < -0.39 is 0 Å². The van der Waals surface area contributed by atoms with Crippen molar-refractivity contribution < 1.29 is 9.47 Å². The number of halogens is 1. The lowest BCUT2D eigenvalue weighted by atomic mass is 9.74. The molecule has 0 radical (unpaired) electrons. The Morgan fingerprint density at radius 2 is 2.26 bits per heavy atom. The van der Waals surface area contributed by atoms with E-state index in [0.29, 0.717) is 6.04 Å². The van der Waals surface area contributed by atoms with Gasteiger partial charge in [-0.15, -0.1) is 0 Å². The summed E-state index contributed by atoms with van der Waals surface area (Å²) in [6, 6.07) is 6.54. The SMILES string of the molecule is COc1ccc(Br)c(NC2CCOC3(CCC3)C2)c1. The maximum atomic E-state index is 5.97. The van der Waals surface area contributed by atoms with E-state index in [1.165, 1.54) is 19.3 Å². The Morgan fingerprint density at radius 3 is 2.95 bits per heavy atom. The second-order valence-electron chi connectivity index (χ2n) is 5.56. The van der Waals surface area contributed by atoms with Gasteiger partial charge in [-0.2, -0.15) is 0 Å². The van der Waals surface area contributed by atoms with Gasteiger partial charge in [-0.1, -0.05) is 0 Å². The Balaban J connectivity index is 1.70. The number of anilines is 1. The highest BCUT2D eigenvalue weighted by atomic mass is 79.9. The average molecular weight is 326 g/mol. The van der Waals surface area contributed by atoms with Gasteiger partial charge < -0.3 is 14.8 Å². The van der Waals surface area contributed by atoms with Gasteiger partial charge in [0.25, 0.3) is 0 Å². The first-order valence-electron chi connectivity index (χ1n) is 6.95. The molecule has 0 bridgehead atoms. The van der Waals surface area contributed by atoms with Crippen LogP contribution in [0.2, 0.25) is 0 Å². The molecule has 1 saturated heterocycles. The van der Waals surface area contributed by atoms with E-state index in [1.807, 2.05) is 18.2 Å². The summed E-state index contributed by atoms with van der Waals surface area (Å²) in [6.45, 7) is 0.874. The summed E-state index contributed by atoms with van der Waals surface area (Å²) in [6.07, 6.45) is 5.96. The first kappa shape index (κ1) is 13.3. The van der Waals surface area contributed by atoms with Gasteiger partial charge in [0.05, 0.1) is 18.4 Å². The zero-order valence-electron chi connectivity index (χ0n) is 11.2. The molecule has 19 heavy (non-hydrogen) atoms. The standard InChI is InChI=1S/C15H20BrNO2/c1-18-12-3-4-13(16)14(9-12)17-11-5-8-19-15(10-11)6-2-7-15/h3-4,9,11,17H,2,5-8,10H2,1H3. The van der Waals surface area contributed by atoms with Crippen LogP contribution in [-0.2, 0) is 4.74 Å². The van der Waals surface area contributed by atoms with E-state index >= 15 is 0 Å². The molecule has 1 aliphatic heterocycles. The van der Waals surface area contributed by atoms with Crippen LogP contribution in [0.4, 0.5) is 5.69 Å². The van der Waals surface area contributed by atoms with Crippen LogP contribution in [0.15, 0.2) is 22.7 Å². The van der Waals surface area contributed by atoms with E-state index in [9.17, 15) is 0 Å². The molecule has 3 rings (SSSR count). The van der Waals surface area contributed by atoms with E-state index in [1.54, 1.807) is 7.11 Å². The summed E-state index contributed by atoms with van der Waals surface area (Å²) < 4.78 is 12.3. The van der Waals surface area contributed by atoms with Gasteiger partial charge in [-0.25, -0.2) is 0 Å². The van der Waals surface area contributed by atoms with Crippen molar-refractivity contribution >= 4 is 21.6 Å². The Labute approximate surface area is 122 Å². The van der Waals surface area contributed by atoms with Crippen LogP contribution in [0.5, 0.6) is 5.75 Å². The van der Waals surface area contributed by atoms with E-state index in [2.05, 4.69) is 21.2 Å². The molecule has 1 aromatic carbocycles. The number of rotatable bonds is 3. The van der Waals surface area contributed by atoms with Crippen LogP contribution >= 0.6 is 15.9 Å². The second-order valence-corrected chi connectivity index (χ2v) is 6.42. The number of ether oxygens (including phenoxy) is 2. The highest BCUT2D eigenvalue weighted by Gasteiger charge is 2.42. The number of methoxy groups -OCH3 is 1. The van der Waals surface area contributed by atoms with Crippen molar-refractivity contribution in [1.29, 1.82) is 0 Å². The predicted octanol–water partition coefficient (Wildman–Crippen LogP) is 3.97. The minimum Gasteiger partial charge on any atom is -0.497 e. The minimum absolute atomic E-state index is 0.182. The molecule has 1 saturated carbocycles. The third-order valence-corrected chi connectivity index (χ3v) is 4.98. The molecule has 104 valence electrons. The lowest BCUT2D eigenvalue weighted by Gasteiger charge is -2.47. The molecule has 1 heterocycles. The number of nitrogens with one attached hydrogen (secondary N) is 1. The molecule has 1 atom stereocenters.